The Morgan fingerprint density at radius 1 is 0.500 bits per heavy atom. The van der Waals surface area contributed by atoms with Gasteiger partial charge >= 0.3 is 24.0 Å². The minimum Gasteiger partial charge on any atom is -0.459 e. The van der Waals surface area contributed by atoms with Crippen molar-refractivity contribution in [3.8, 4) is 24.0 Å². The van der Waals surface area contributed by atoms with E-state index in [0.717, 1.165) is 37.1 Å². The molecule has 56 heavy (non-hydrogen) atoms. The van der Waals surface area contributed by atoms with Gasteiger partial charge < -0.3 is 39.4 Å². The predicted molar refractivity (Wildman–Crippen MR) is 222 cm³/mol. The van der Waals surface area contributed by atoms with E-state index in [1.54, 1.807) is 24.3 Å². The quantitative estimate of drug-likeness (QED) is 0.126. The summed E-state index contributed by atoms with van der Waals surface area (Å²) >= 11 is 0. The van der Waals surface area contributed by atoms with E-state index in [2.05, 4.69) is 136 Å². The standard InChI is InChI=1S/C42H60N10O4/c1-13-21-53-35-43-33(44-36(47-35)54-22-14-2)51(31-25-39(5,6)49-40(7,8)26-31)29-17-19-30(20-18-29)52(32-27-41(9,10)50-42(11,12)28-32)34-45-37(55-23-15-3)48-38(46-34)56-24-16-4/h13-20,31-32,49-50H,1-4,21-28H2,5-12H3. The van der Waals surface area contributed by atoms with Crippen LogP contribution in [0.25, 0.3) is 0 Å². The highest BCUT2D eigenvalue weighted by atomic mass is 16.5. The van der Waals surface area contributed by atoms with Gasteiger partial charge in [-0.3, -0.25) is 0 Å². The van der Waals surface area contributed by atoms with E-state index in [1.165, 1.54) is 0 Å². The summed E-state index contributed by atoms with van der Waals surface area (Å²) in [7, 11) is 0. The van der Waals surface area contributed by atoms with Crippen molar-refractivity contribution in [2.75, 3.05) is 36.2 Å². The molecule has 2 fully saturated rings. The topological polar surface area (TPSA) is 145 Å². The number of benzene rings is 1. The summed E-state index contributed by atoms with van der Waals surface area (Å²) in [5, 5.41) is 7.62. The Morgan fingerprint density at radius 2 is 0.750 bits per heavy atom. The molecule has 0 saturated carbocycles. The Morgan fingerprint density at radius 3 is 0.982 bits per heavy atom. The number of piperidine rings is 2. The van der Waals surface area contributed by atoms with Gasteiger partial charge in [-0.15, -0.1) is 9.97 Å². The second-order valence-electron chi connectivity index (χ2n) is 17.0. The Balaban J connectivity index is 1.66. The van der Waals surface area contributed by atoms with Crippen molar-refractivity contribution < 1.29 is 18.9 Å². The first-order valence-electron chi connectivity index (χ1n) is 19.2. The Bertz CT molecular complexity index is 1620. The fourth-order valence-corrected chi connectivity index (χ4v) is 8.32. The van der Waals surface area contributed by atoms with Gasteiger partial charge in [-0.25, -0.2) is 0 Å². The largest absolute Gasteiger partial charge is 0.459 e. The Hall–Kier alpha value is -5.08. The van der Waals surface area contributed by atoms with Crippen molar-refractivity contribution in [3.63, 3.8) is 0 Å². The SMILES string of the molecule is C=CCOc1nc(OCC=C)nc(N(c2ccc(N(c3nc(OCC=C)nc(OCC=C)n3)C3CC(C)(C)NC(C)(C)C3)cc2)C2CC(C)(C)NC(C)(C)C2)n1. The maximum Gasteiger partial charge on any atom is 0.324 e. The van der Waals surface area contributed by atoms with Crippen molar-refractivity contribution in [2.45, 2.75) is 115 Å². The molecule has 0 amide bonds. The van der Waals surface area contributed by atoms with Crippen LogP contribution < -0.4 is 39.4 Å². The molecule has 4 heterocycles. The molecule has 1 aromatic carbocycles. The van der Waals surface area contributed by atoms with Gasteiger partial charge in [-0.2, -0.15) is 19.9 Å². The van der Waals surface area contributed by atoms with Crippen LogP contribution in [0, 0.1) is 0 Å². The molecule has 2 N–H and O–H groups in total. The zero-order chi connectivity index (χ0) is 40.7. The fourth-order valence-electron chi connectivity index (χ4n) is 8.32. The van der Waals surface area contributed by atoms with Crippen molar-refractivity contribution in [1.29, 1.82) is 0 Å². The first kappa shape index (κ1) is 42.1. The molecule has 2 aliphatic rings. The number of nitrogens with zero attached hydrogens (tertiary/aromatic N) is 8. The van der Waals surface area contributed by atoms with Gasteiger partial charge in [0.25, 0.3) is 0 Å². The summed E-state index contributed by atoms with van der Waals surface area (Å²) in [5.74, 6) is 0.821. The Labute approximate surface area is 332 Å². The maximum absolute atomic E-state index is 5.85. The van der Waals surface area contributed by atoms with Crippen LogP contribution in [0.2, 0.25) is 0 Å². The van der Waals surface area contributed by atoms with Crippen LogP contribution in [0.3, 0.4) is 0 Å². The summed E-state index contributed by atoms with van der Waals surface area (Å²) in [4.78, 5) is 32.5. The van der Waals surface area contributed by atoms with Gasteiger partial charge in [-0.1, -0.05) is 50.6 Å². The molecular weight excluding hydrogens is 709 g/mol. The van der Waals surface area contributed by atoms with Crippen LogP contribution in [0.1, 0.15) is 81.1 Å². The number of anilines is 4. The maximum atomic E-state index is 5.85. The van der Waals surface area contributed by atoms with E-state index in [-0.39, 0.29) is 84.7 Å². The first-order chi connectivity index (χ1) is 26.5. The van der Waals surface area contributed by atoms with Crippen LogP contribution >= 0.6 is 0 Å². The van der Waals surface area contributed by atoms with E-state index in [0.29, 0.717) is 11.9 Å². The lowest BCUT2D eigenvalue weighted by atomic mass is 9.78. The number of nitrogens with one attached hydrogen (secondary N) is 2. The molecule has 0 spiro atoms. The molecule has 2 saturated heterocycles. The molecule has 2 aliphatic heterocycles. The van der Waals surface area contributed by atoms with Crippen LogP contribution in [0.5, 0.6) is 24.0 Å². The third-order valence-electron chi connectivity index (χ3n) is 9.39. The summed E-state index contributed by atoms with van der Waals surface area (Å²) in [5.41, 5.74) is 1.06. The molecule has 14 heteroatoms. The van der Waals surface area contributed by atoms with Crippen LogP contribution in [0.15, 0.2) is 74.9 Å². The molecule has 0 unspecified atom stereocenters. The normalized spacial score (nSPS) is 18.6. The second kappa shape index (κ2) is 17.4. The summed E-state index contributed by atoms with van der Waals surface area (Å²) in [6.07, 6.45) is 9.84. The van der Waals surface area contributed by atoms with E-state index < -0.39 is 0 Å². The lowest BCUT2D eigenvalue weighted by Gasteiger charge is -2.50. The average molecular weight is 769 g/mol. The van der Waals surface area contributed by atoms with Gasteiger partial charge in [-0.05, 0) is 105 Å². The minimum atomic E-state index is -0.178. The number of hydrogen-bond donors (Lipinski definition) is 2. The van der Waals surface area contributed by atoms with Crippen molar-refractivity contribution in [3.05, 3.63) is 74.9 Å². The molecule has 0 bridgehead atoms. The molecule has 5 rings (SSSR count). The molecule has 0 radical (unpaired) electrons. The summed E-state index contributed by atoms with van der Waals surface area (Å²) < 4.78 is 23.4. The third kappa shape index (κ3) is 11.0. The van der Waals surface area contributed by atoms with Crippen molar-refractivity contribution in [1.82, 2.24) is 40.5 Å². The van der Waals surface area contributed by atoms with Gasteiger partial charge in [0.05, 0.1) is 0 Å². The number of aromatic nitrogens is 6. The summed E-state index contributed by atoms with van der Waals surface area (Å²) in [6, 6.07) is 8.91. The van der Waals surface area contributed by atoms with Crippen LogP contribution in [-0.2, 0) is 0 Å². The lowest BCUT2D eigenvalue weighted by molar-refractivity contribution is 0.161. The summed E-state index contributed by atoms with van der Waals surface area (Å²) in [6.45, 7) is 33.8. The number of ether oxygens (including phenoxy) is 4. The zero-order valence-corrected chi connectivity index (χ0v) is 34.5. The van der Waals surface area contributed by atoms with E-state index in [4.69, 9.17) is 38.9 Å². The van der Waals surface area contributed by atoms with Gasteiger partial charge in [0.15, 0.2) is 0 Å². The van der Waals surface area contributed by atoms with Crippen molar-refractivity contribution in [2.24, 2.45) is 0 Å². The first-order valence-corrected chi connectivity index (χ1v) is 19.2. The molecule has 302 valence electrons. The smallest absolute Gasteiger partial charge is 0.324 e. The lowest BCUT2D eigenvalue weighted by Crippen LogP contribution is -2.62. The minimum absolute atomic E-state index is 0.00575. The highest BCUT2D eigenvalue weighted by molar-refractivity contribution is 5.66. The Kier molecular flexibility index (Phi) is 13.1. The molecule has 0 aliphatic carbocycles. The van der Waals surface area contributed by atoms with Gasteiger partial charge in [0.2, 0.25) is 11.9 Å². The number of hydrogen-bond acceptors (Lipinski definition) is 14. The zero-order valence-electron chi connectivity index (χ0n) is 34.5. The van der Waals surface area contributed by atoms with E-state index >= 15 is 0 Å². The van der Waals surface area contributed by atoms with Crippen molar-refractivity contribution >= 4 is 23.3 Å². The molecule has 3 aromatic rings. The highest BCUT2D eigenvalue weighted by Gasteiger charge is 2.43. The average Bonchev–Trinajstić information content (AvgIpc) is 3.09. The predicted octanol–water partition coefficient (Wildman–Crippen LogP) is 7.21. The van der Waals surface area contributed by atoms with Gasteiger partial charge in [0.1, 0.15) is 26.4 Å². The highest BCUT2D eigenvalue weighted by Crippen LogP contribution is 2.41. The van der Waals surface area contributed by atoms with E-state index in [1.807, 2.05) is 0 Å². The monoisotopic (exact) mass is 768 g/mol. The molecular formula is C42H60N10O4. The number of rotatable bonds is 18. The van der Waals surface area contributed by atoms with Gasteiger partial charge in [0, 0.05) is 45.6 Å². The third-order valence-corrected chi connectivity index (χ3v) is 9.39. The van der Waals surface area contributed by atoms with Crippen LogP contribution in [0.4, 0.5) is 23.3 Å². The molecule has 0 atom stereocenters. The van der Waals surface area contributed by atoms with E-state index in [9.17, 15) is 0 Å². The molecule has 14 nitrogen and oxygen atoms in total. The molecule has 2 aromatic heterocycles. The van der Waals surface area contributed by atoms with Crippen LogP contribution in [-0.4, -0.2) is 90.6 Å². The fraction of sp³-hybridized carbons (Fsp3) is 0.524. The second-order valence-corrected chi connectivity index (χ2v) is 17.0.